The van der Waals surface area contributed by atoms with Gasteiger partial charge in [-0.25, -0.2) is 9.97 Å². The summed E-state index contributed by atoms with van der Waals surface area (Å²) in [7, 11) is 0. The number of carbonyl (C=O) groups is 1. The number of pyridine rings is 1. The molecular formula is C19H18N4OS. The number of nitrogens with one attached hydrogen (secondary N) is 1. The Morgan fingerprint density at radius 2 is 2.04 bits per heavy atom. The van der Waals surface area contributed by atoms with Gasteiger partial charge in [-0.1, -0.05) is 30.3 Å². The van der Waals surface area contributed by atoms with Crippen LogP contribution in [-0.2, 0) is 19.5 Å². The molecule has 3 aromatic rings. The molecule has 4 rings (SSSR count). The van der Waals surface area contributed by atoms with Gasteiger partial charge in [-0.05, 0) is 23.6 Å². The number of carbonyl (C=O) groups excluding carboxylic acids is 1. The maximum Gasteiger partial charge on any atom is 0.271 e. The van der Waals surface area contributed by atoms with Crippen molar-refractivity contribution in [1.29, 1.82) is 0 Å². The summed E-state index contributed by atoms with van der Waals surface area (Å²) >= 11 is 1.42. The number of nitrogens with zero attached hydrogens (tertiary/aromatic N) is 3. The lowest BCUT2D eigenvalue weighted by molar-refractivity contribution is 0.0946. The first-order valence-electron chi connectivity index (χ1n) is 8.23. The fourth-order valence-electron chi connectivity index (χ4n) is 3.12. The van der Waals surface area contributed by atoms with E-state index in [1.165, 1.54) is 22.5 Å². The number of anilines is 1. The second-order valence-corrected chi connectivity index (χ2v) is 6.70. The maximum atomic E-state index is 12.1. The van der Waals surface area contributed by atoms with Gasteiger partial charge in [-0.2, -0.15) is 0 Å². The number of thiazole rings is 1. The van der Waals surface area contributed by atoms with Crippen LogP contribution in [0.5, 0.6) is 0 Å². The van der Waals surface area contributed by atoms with E-state index in [0.29, 0.717) is 12.2 Å². The monoisotopic (exact) mass is 350 g/mol. The SMILES string of the molecule is O=C(NCc1cccnc1N1CCc2ccccc2C1)c1cscn1. The van der Waals surface area contributed by atoms with Crippen LogP contribution in [0.2, 0.25) is 0 Å². The fraction of sp³-hybridized carbons (Fsp3) is 0.211. The van der Waals surface area contributed by atoms with E-state index in [1.807, 2.05) is 18.3 Å². The van der Waals surface area contributed by atoms with Crippen LogP contribution in [0, 0.1) is 0 Å². The summed E-state index contributed by atoms with van der Waals surface area (Å²) in [6, 6.07) is 12.5. The molecule has 0 bridgehead atoms. The number of fused-ring (bicyclic) bond motifs is 1. The summed E-state index contributed by atoms with van der Waals surface area (Å²) < 4.78 is 0. The van der Waals surface area contributed by atoms with E-state index in [0.717, 1.165) is 30.9 Å². The molecular weight excluding hydrogens is 332 g/mol. The Morgan fingerprint density at radius 1 is 1.16 bits per heavy atom. The number of hydrogen-bond acceptors (Lipinski definition) is 5. The molecule has 0 saturated carbocycles. The van der Waals surface area contributed by atoms with Crippen molar-refractivity contribution in [3.05, 3.63) is 75.9 Å². The van der Waals surface area contributed by atoms with Crippen molar-refractivity contribution in [2.45, 2.75) is 19.5 Å². The second-order valence-electron chi connectivity index (χ2n) is 5.98. The van der Waals surface area contributed by atoms with Crippen LogP contribution in [0.25, 0.3) is 0 Å². The van der Waals surface area contributed by atoms with E-state index in [1.54, 1.807) is 10.9 Å². The molecule has 1 aliphatic heterocycles. The van der Waals surface area contributed by atoms with Crippen molar-refractivity contribution in [1.82, 2.24) is 15.3 Å². The largest absolute Gasteiger partial charge is 0.352 e. The molecule has 1 amide bonds. The van der Waals surface area contributed by atoms with Gasteiger partial charge >= 0.3 is 0 Å². The summed E-state index contributed by atoms with van der Waals surface area (Å²) in [5.41, 5.74) is 5.90. The molecule has 3 heterocycles. The van der Waals surface area contributed by atoms with Gasteiger partial charge in [0.15, 0.2) is 0 Å². The molecule has 126 valence electrons. The Hall–Kier alpha value is -2.73. The Morgan fingerprint density at radius 3 is 2.88 bits per heavy atom. The quantitative estimate of drug-likeness (QED) is 0.786. The maximum absolute atomic E-state index is 12.1. The zero-order chi connectivity index (χ0) is 17.1. The lowest BCUT2D eigenvalue weighted by Gasteiger charge is -2.31. The number of aromatic nitrogens is 2. The molecule has 0 radical (unpaired) electrons. The van der Waals surface area contributed by atoms with Crippen LogP contribution in [0.4, 0.5) is 5.82 Å². The van der Waals surface area contributed by atoms with Crippen molar-refractivity contribution < 1.29 is 4.79 Å². The van der Waals surface area contributed by atoms with Crippen LogP contribution >= 0.6 is 11.3 Å². The van der Waals surface area contributed by atoms with Crippen LogP contribution in [0.3, 0.4) is 0 Å². The molecule has 6 heteroatoms. The molecule has 1 N–H and O–H groups in total. The van der Waals surface area contributed by atoms with E-state index >= 15 is 0 Å². The highest BCUT2D eigenvalue weighted by molar-refractivity contribution is 7.07. The predicted octanol–water partition coefficient (Wildman–Crippen LogP) is 3.03. The summed E-state index contributed by atoms with van der Waals surface area (Å²) in [5.74, 6) is 0.788. The predicted molar refractivity (Wildman–Crippen MR) is 98.7 cm³/mol. The van der Waals surface area contributed by atoms with Gasteiger partial charge in [-0.3, -0.25) is 4.79 Å². The van der Waals surface area contributed by atoms with Gasteiger partial charge < -0.3 is 10.2 Å². The highest BCUT2D eigenvalue weighted by Crippen LogP contribution is 2.25. The third-order valence-electron chi connectivity index (χ3n) is 4.40. The van der Waals surface area contributed by atoms with Crippen molar-refractivity contribution in [2.75, 3.05) is 11.4 Å². The lowest BCUT2D eigenvalue weighted by atomic mass is 9.99. The van der Waals surface area contributed by atoms with Gasteiger partial charge in [0.1, 0.15) is 11.5 Å². The van der Waals surface area contributed by atoms with Gasteiger partial charge in [0.2, 0.25) is 0 Å². The minimum absolute atomic E-state index is 0.153. The van der Waals surface area contributed by atoms with Gasteiger partial charge in [0.05, 0.1) is 5.51 Å². The van der Waals surface area contributed by atoms with Crippen molar-refractivity contribution in [3.63, 3.8) is 0 Å². The first kappa shape index (κ1) is 15.8. The molecule has 5 nitrogen and oxygen atoms in total. The fourth-order valence-corrected chi connectivity index (χ4v) is 3.65. The molecule has 25 heavy (non-hydrogen) atoms. The lowest BCUT2D eigenvalue weighted by Crippen LogP contribution is -2.32. The Balaban J connectivity index is 1.51. The Bertz CT molecular complexity index is 879. The second kappa shape index (κ2) is 7.03. The summed E-state index contributed by atoms with van der Waals surface area (Å²) in [6.07, 6.45) is 2.82. The average molecular weight is 350 g/mol. The van der Waals surface area contributed by atoms with E-state index in [9.17, 15) is 4.79 Å². The molecule has 0 unspecified atom stereocenters. The van der Waals surface area contributed by atoms with Crippen LogP contribution in [-0.4, -0.2) is 22.4 Å². The third kappa shape index (κ3) is 3.39. The van der Waals surface area contributed by atoms with Crippen molar-refractivity contribution in [3.8, 4) is 0 Å². The van der Waals surface area contributed by atoms with Gasteiger partial charge in [0, 0.05) is 36.8 Å². The summed E-state index contributed by atoms with van der Waals surface area (Å²) in [4.78, 5) is 23.0. The highest BCUT2D eigenvalue weighted by Gasteiger charge is 2.19. The normalized spacial score (nSPS) is 13.4. The number of benzene rings is 1. The molecule has 1 aromatic carbocycles. The number of amides is 1. The van der Waals surface area contributed by atoms with E-state index in [2.05, 4.69) is 44.5 Å². The van der Waals surface area contributed by atoms with E-state index < -0.39 is 0 Å². The average Bonchev–Trinajstić information content (AvgIpc) is 3.21. The number of hydrogen-bond donors (Lipinski definition) is 1. The molecule has 0 saturated heterocycles. The van der Waals surface area contributed by atoms with Crippen LogP contribution < -0.4 is 10.2 Å². The minimum atomic E-state index is -0.153. The number of rotatable bonds is 4. The third-order valence-corrected chi connectivity index (χ3v) is 4.99. The van der Waals surface area contributed by atoms with E-state index in [4.69, 9.17) is 0 Å². The minimum Gasteiger partial charge on any atom is -0.352 e. The topological polar surface area (TPSA) is 58.1 Å². The molecule has 1 aliphatic rings. The molecule has 0 spiro atoms. The zero-order valence-corrected chi connectivity index (χ0v) is 14.5. The Labute approximate surface area is 150 Å². The zero-order valence-electron chi connectivity index (χ0n) is 13.7. The first-order valence-corrected chi connectivity index (χ1v) is 9.17. The Kier molecular flexibility index (Phi) is 4.43. The van der Waals surface area contributed by atoms with Gasteiger partial charge in [-0.15, -0.1) is 11.3 Å². The van der Waals surface area contributed by atoms with Gasteiger partial charge in [0.25, 0.3) is 5.91 Å². The standard InChI is InChI=1S/C19H18N4OS/c24-19(17-12-25-13-22-17)21-10-15-6-3-8-20-18(15)23-9-7-14-4-1-2-5-16(14)11-23/h1-6,8,12-13H,7,9-11H2,(H,21,24). The molecule has 0 aliphatic carbocycles. The molecule has 0 fully saturated rings. The van der Waals surface area contributed by atoms with E-state index in [-0.39, 0.29) is 5.91 Å². The highest BCUT2D eigenvalue weighted by atomic mass is 32.1. The molecule has 0 atom stereocenters. The van der Waals surface area contributed by atoms with Crippen molar-refractivity contribution >= 4 is 23.1 Å². The smallest absolute Gasteiger partial charge is 0.271 e. The van der Waals surface area contributed by atoms with Crippen molar-refractivity contribution in [2.24, 2.45) is 0 Å². The van der Waals surface area contributed by atoms with Crippen LogP contribution in [0.1, 0.15) is 27.2 Å². The molecule has 2 aromatic heterocycles. The summed E-state index contributed by atoms with van der Waals surface area (Å²) in [6.45, 7) is 2.22. The van der Waals surface area contributed by atoms with Crippen LogP contribution in [0.15, 0.2) is 53.5 Å². The summed E-state index contributed by atoms with van der Waals surface area (Å²) in [5, 5.41) is 4.69. The first-order chi connectivity index (χ1) is 12.3.